The fraction of sp³-hybridized carbons (Fsp3) is 0.600. The topological polar surface area (TPSA) is 9.23 Å². The summed E-state index contributed by atoms with van der Waals surface area (Å²) in [5.74, 6) is 1.83. The molecule has 2 rings (SSSR count). The fourth-order valence-corrected chi connectivity index (χ4v) is 2.62. The van der Waals surface area contributed by atoms with Gasteiger partial charge in [-0.25, -0.2) is 0 Å². The first kappa shape index (κ1) is 11.7. The zero-order valence-electron chi connectivity index (χ0n) is 10.8. The molecule has 0 radical (unpaired) electrons. The summed E-state index contributed by atoms with van der Waals surface area (Å²) in [5.41, 5.74) is 4.48. The Bertz CT molecular complexity index is 366. The standard InChI is InChI=1S/C15H22O/c1-10(2)13-7-5-6-12-8-16-9-14(11(3)4)15(12)13/h5-7,10-11,14H,8-9H2,1-4H3. The van der Waals surface area contributed by atoms with Crippen molar-refractivity contribution in [3.63, 3.8) is 0 Å². The van der Waals surface area contributed by atoms with Gasteiger partial charge in [-0.2, -0.15) is 0 Å². The van der Waals surface area contributed by atoms with Crippen molar-refractivity contribution < 1.29 is 4.74 Å². The van der Waals surface area contributed by atoms with Crippen molar-refractivity contribution in [2.45, 2.75) is 46.1 Å². The molecule has 1 aromatic carbocycles. The third kappa shape index (κ3) is 2.01. The molecule has 88 valence electrons. The van der Waals surface area contributed by atoms with E-state index in [1.165, 1.54) is 11.1 Å². The van der Waals surface area contributed by atoms with Crippen LogP contribution in [-0.2, 0) is 11.3 Å². The van der Waals surface area contributed by atoms with E-state index in [2.05, 4.69) is 45.9 Å². The first-order chi connectivity index (χ1) is 7.61. The molecule has 1 aliphatic rings. The van der Waals surface area contributed by atoms with Crippen molar-refractivity contribution in [1.29, 1.82) is 0 Å². The predicted octanol–water partition coefficient (Wildman–Crippen LogP) is 4.08. The van der Waals surface area contributed by atoms with E-state index < -0.39 is 0 Å². The molecule has 0 spiro atoms. The van der Waals surface area contributed by atoms with Crippen molar-refractivity contribution in [1.82, 2.24) is 0 Å². The Balaban J connectivity index is 2.51. The summed E-state index contributed by atoms with van der Waals surface area (Å²) < 4.78 is 5.70. The maximum atomic E-state index is 5.70. The van der Waals surface area contributed by atoms with Crippen LogP contribution >= 0.6 is 0 Å². The van der Waals surface area contributed by atoms with Gasteiger partial charge in [0.1, 0.15) is 0 Å². The number of hydrogen-bond donors (Lipinski definition) is 0. The number of hydrogen-bond acceptors (Lipinski definition) is 1. The van der Waals surface area contributed by atoms with E-state index in [1.54, 1.807) is 5.56 Å². The predicted molar refractivity (Wildman–Crippen MR) is 67.8 cm³/mol. The lowest BCUT2D eigenvalue weighted by Crippen LogP contribution is -2.23. The molecule has 0 aromatic heterocycles. The van der Waals surface area contributed by atoms with E-state index in [-0.39, 0.29) is 0 Å². The Morgan fingerprint density at radius 2 is 1.94 bits per heavy atom. The van der Waals surface area contributed by atoms with Crippen molar-refractivity contribution >= 4 is 0 Å². The van der Waals surface area contributed by atoms with Gasteiger partial charge in [-0.15, -0.1) is 0 Å². The zero-order valence-corrected chi connectivity index (χ0v) is 10.8. The zero-order chi connectivity index (χ0) is 11.7. The number of ether oxygens (including phenoxy) is 1. The first-order valence-corrected chi connectivity index (χ1v) is 6.30. The molecule has 1 heterocycles. The number of benzene rings is 1. The highest BCUT2D eigenvalue weighted by atomic mass is 16.5. The molecule has 0 bridgehead atoms. The molecule has 1 nitrogen and oxygen atoms in total. The maximum absolute atomic E-state index is 5.70. The van der Waals surface area contributed by atoms with Crippen molar-refractivity contribution in [2.24, 2.45) is 5.92 Å². The van der Waals surface area contributed by atoms with Crippen LogP contribution in [0.15, 0.2) is 18.2 Å². The molecular weight excluding hydrogens is 196 g/mol. The fourth-order valence-electron chi connectivity index (χ4n) is 2.62. The Hall–Kier alpha value is -0.820. The van der Waals surface area contributed by atoms with Gasteiger partial charge >= 0.3 is 0 Å². The van der Waals surface area contributed by atoms with Gasteiger partial charge in [0.25, 0.3) is 0 Å². The van der Waals surface area contributed by atoms with Gasteiger partial charge in [0.2, 0.25) is 0 Å². The lowest BCUT2D eigenvalue weighted by atomic mass is 9.79. The van der Waals surface area contributed by atoms with Gasteiger partial charge in [0.05, 0.1) is 13.2 Å². The molecule has 0 N–H and O–H groups in total. The van der Waals surface area contributed by atoms with Gasteiger partial charge in [-0.3, -0.25) is 0 Å². The smallest absolute Gasteiger partial charge is 0.0720 e. The van der Waals surface area contributed by atoms with Crippen LogP contribution in [0.4, 0.5) is 0 Å². The summed E-state index contributed by atoms with van der Waals surface area (Å²) in [7, 11) is 0. The highest BCUT2D eigenvalue weighted by Crippen LogP contribution is 2.37. The summed E-state index contributed by atoms with van der Waals surface area (Å²) in [6.45, 7) is 10.8. The van der Waals surface area contributed by atoms with Crippen LogP contribution in [-0.4, -0.2) is 6.61 Å². The SMILES string of the molecule is CC(C)c1cccc2c1C(C(C)C)COC2. The Morgan fingerprint density at radius 1 is 1.19 bits per heavy atom. The lowest BCUT2D eigenvalue weighted by molar-refractivity contribution is 0.0787. The minimum Gasteiger partial charge on any atom is -0.376 e. The Labute approximate surface area is 98.8 Å². The summed E-state index contributed by atoms with van der Waals surface area (Å²) in [4.78, 5) is 0. The highest BCUT2D eigenvalue weighted by molar-refractivity contribution is 5.41. The van der Waals surface area contributed by atoms with Gasteiger partial charge in [0, 0.05) is 5.92 Å². The molecule has 0 saturated carbocycles. The van der Waals surface area contributed by atoms with Crippen molar-refractivity contribution in [2.75, 3.05) is 6.61 Å². The van der Waals surface area contributed by atoms with Crippen LogP contribution in [0.1, 0.15) is 56.2 Å². The van der Waals surface area contributed by atoms with Crippen LogP contribution in [0, 0.1) is 5.92 Å². The molecular formula is C15H22O. The molecule has 1 atom stereocenters. The monoisotopic (exact) mass is 218 g/mol. The Kier molecular flexibility index (Phi) is 3.34. The van der Waals surface area contributed by atoms with E-state index >= 15 is 0 Å². The second-order valence-electron chi connectivity index (χ2n) is 5.44. The number of fused-ring (bicyclic) bond motifs is 1. The second kappa shape index (κ2) is 4.58. The first-order valence-electron chi connectivity index (χ1n) is 6.30. The van der Waals surface area contributed by atoms with Crippen LogP contribution < -0.4 is 0 Å². The maximum Gasteiger partial charge on any atom is 0.0720 e. The summed E-state index contributed by atoms with van der Waals surface area (Å²) >= 11 is 0. The highest BCUT2D eigenvalue weighted by Gasteiger charge is 2.26. The molecule has 0 aliphatic carbocycles. The normalized spacial score (nSPS) is 20.2. The van der Waals surface area contributed by atoms with Gasteiger partial charge in [-0.1, -0.05) is 45.9 Å². The lowest BCUT2D eigenvalue weighted by Gasteiger charge is -2.31. The largest absolute Gasteiger partial charge is 0.376 e. The summed E-state index contributed by atoms with van der Waals surface area (Å²) in [6.07, 6.45) is 0. The molecule has 0 fully saturated rings. The summed E-state index contributed by atoms with van der Waals surface area (Å²) in [5, 5.41) is 0. The quantitative estimate of drug-likeness (QED) is 0.726. The van der Waals surface area contributed by atoms with E-state index in [0.717, 1.165) is 13.2 Å². The molecule has 16 heavy (non-hydrogen) atoms. The minimum atomic E-state index is 0.572. The molecule has 0 saturated heterocycles. The van der Waals surface area contributed by atoms with Crippen molar-refractivity contribution in [3.05, 3.63) is 34.9 Å². The van der Waals surface area contributed by atoms with Gasteiger partial charge < -0.3 is 4.74 Å². The minimum absolute atomic E-state index is 0.572. The molecule has 1 unspecified atom stereocenters. The van der Waals surface area contributed by atoms with Crippen molar-refractivity contribution in [3.8, 4) is 0 Å². The van der Waals surface area contributed by atoms with Crippen LogP contribution in [0.5, 0.6) is 0 Å². The van der Waals surface area contributed by atoms with E-state index in [4.69, 9.17) is 4.74 Å². The molecule has 0 amide bonds. The van der Waals surface area contributed by atoms with Crippen LogP contribution in [0.3, 0.4) is 0 Å². The number of rotatable bonds is 2. The molecule has 1 aliphatic heterocycles. The molecule has 1 aromatic rings. The summed E-state index contributed by atoms with van der Waals surface area (Å²) in [6, 6.07) is 6.67. The van der Waals surface area contributed by atoms with Crippen LogP contribution in [0.2, 0.25) is 0 Å². The average molecular weight is 218 g/mol. The second-order valence-corrected chi connectivity index (χ2v) is 5.44. The van der Waals surface area contributed by atoms with Gasteiger partial charge in [0.15, 0.2) is 0 Å². The molecule has 1 heteroatoms. The van der Waals surface area contributed by atoms with Gasteiger partial charge in [-0.05, 0) is 28.5 Å². The van der Waals surface area contributed by atoms with Crippen LogP contribution in [0.25, 0.3) is 0 Å². The van der Waals surface area contributed by atoms with E-state index in [1.807, 2.05) is 0 Å². The van der Waals surface area contributed by atoms with E-state index in [9.17, 15) is 0 Å². The third-order valence-electron chi connectivity index (χ3n) is 3.58. The average Bonchev–Trinajstić information content (AvgIpc) is 2.27. The van der Waals surface area contributed by atoms with E-state index in [0.29, 0.717) is 17.8 Å². The third-order valence-corrected chi connectivity index (χ3v) is 3.58. The Morgan fingerprint density at radius 3 is 2.56 bits per heavy atom.